The number of pyridine rings is 1. The SMILES string of the molecule is CC(C)S(=O)(=O)c1ccc(CC(=O)NCCn2nc(-c3ccccn3)n(C)c2=O)cc1. The lowest BCUT2D eigenvalue weighted by Crippen LogP contribution is -2.32. The minimum atomic E-state index is -3.34. The van der Waals surface area contributed by atoms with Crippen molar-refractivity contribution in [1.82, 2.24) is 24.6 Å². The van der Waals surface area contributed by atoms with Gasteiger partial charge >= 0.3 is 5.69 Å². The number of carbonyl (C=O) groups excluding carboxylic acids is 1. The van der Waals surface area contributed by atoms with Gasteiger partial charge in [-0.25, -0.2) is 17.9 Å². The van der Waals surface area contributed by atoms with Crippen LogP contribution in [0.1, 0.15) is 19.4 Å². The van der Waals surface area contributed by atoms with Gasteiger partial charge in [0, 0.05) is 19.8 Å². The number of amides is 1. The van der Waals surface area contributed by atoms with Gasteiger partial charge in [0.2, 0.25) is 5.91 Å². The third kappa shape index (κ3) is 5.08. The summed E-state index contributed by atoms with van der Waals surface area (Å²) in [5.74, 6) is 0.224. The largest absolute Gasteiger partial charge is 0.354 e. The maximum Gasteiger partial charge on any atom is 0.346 e. The van der Waals surface area contributed by atoms with Gasteiger partial charge in [0.1, 0.15) is 5.69 Å². The Morgan fingerprint density at radius 1 is 1.13 bits per heavy atom. The minimum absolute atomic E-state index is 0.109. The van der Waals surface area contributed by atoms with E-state index in [2.05, 4.69) is 15.4 Å². The fourth-order valence-electron chi connectivity index (χ4n) is 2.97. The molecule has 164 valence electrons. The Kier molecular flexibility index (Phi) is 6.69. The fourth-order valence-corrected chi connectivity index (χ4v) is 4.03. The third-order valence-corrected chi connectivity index (χ3v) is 6.99. The molecule has 0 bridgehead atoms. The summed E-state index contributed by atoms with van der Waals surface area (Å²) in [6.07, 6.45) is 1.74. The van der Waals surface area contributed by atoms with E-state index in [4.69, 9.17) is 0 Å². The lowest BCUT2D eigenvalue weighted by molar-refractivity contribution is -0.120. The van der Waals surface area contributed by atoms with Gasteiger partial charge in [-0.15, -0.1) is 5.10 Å². The first-order valence-corrected chi connectivity index (χ1v) is 11.4. The molecule has 1 N–H and O–H groups in total. The summed E-state index contributed by atoms with van der Waals surface area (Å²) in [6.45, 7) is 3.71. The summed E-state index contributed by atoms with van der Waals surface area (Å²) in [5.41, 5.74) is 0.998. The molecule has 0 aliphatic heterocycles. The lowest BCUT2D eigenvalue weighted by Gasteiger charge is -2.09. The molecule has 0 spiro atoms. The van der Waals surface area contributed by atoms with Crippen molar-refractivity contribution in [2.24, 2.45) is 7.05 Å². The molecule has 3 aromatic rings. The average molecular weight is 444 g/mol. The highest BCUT2D eigenvalue weighted by molar-refractivity contribution is 7.92. The molecule has 9 nitrogen and oxygen atoms in total. The van der Waals surface area contributed by atoms with Gasteiger partial charge < -0.3 is 5.32 Å². The normalized spacial score (nSPS) is 11.6. The average Bonchev–Trinajstić information content (AvgIpc) is 3.03. The Bertz CT molecular complexity index is 1210. The molecule has 0 unspecified atom stereocenters. The van der Waals surface area contributed by atoms with Gasteiger partial charge in [0.25, 0.3) is 0 Å². The van der Waals surface area contributed by atoms with E-state index in [0.29, 0.717) is 17.1 Å². The fraction of sp³-hybridized carbons (Fsp3) is 0.333. The zero-order valence-electron chi connectivity index (χ0n) is 17.6. The standard InChI is InChI=1S/C21H25N5O4S/c1-15(2)31(29,30)17-9-7-16(8-10-17)14-19(27)23-12-13-26-21(28)25(3)20(24-26)18-6-4-5-11-22-18/h4-11,15H,12-14H2,1-3H3,(H,23,27). The van der Waals surface area contributed by atoms with Crippen LogP contribution >= 0.6 is 0 Å². The molecular weight excluding hydrogens is 418 g/mol. The van der Waals surface area contributed by atoms with Crippen molar-refractivity contribution in [2.75, 3.05) is 6.54 Å². The molecule has 0 fully saturated rings. The molecule has 1 amide bonds. The molecule has 0 radical (unpaired) electrons. The van der Waals surface area contributed by atoms with Gasteiger partial charge in [0.15, 0.2) is 15.7 Å². The molecule has 0 aliphatic carbocycles. The van der Waals surface area contributed by atoms with Crippen LogP contribution in [-0.2, 0) is 34.6 Å². The number of carbonyl (C=O) groups is 1. The predicted molar refractivity (Wildman–Crippen MR) is 116 cm³/mol. The number of sulfone groups is 1. The van der Waals surface area contributed by atoms with Gasteiger partial charge in [-0.2, -0.15) is 0 Å². The Balaban J connectivity index is 1.57. The van der Waals surface area contributed by atoms with Crippen LogP contribution in [-0.4, -0.2) is 45.5 Å². The molecule has 10 heteroatoms. The summed E-state index contributed by atoms with van der Waals surface area (Å²) >= 11 is 0. The predicted octanol–water partition coefficient (Wildman–Crippen LogP) is 1.18. The van der Waals surface area contributed by atoms with Gasteiger partial charge in [0.05, 0.1) is 23.1 Å². The molecule has 1 aromatic carbocycles. The quantitative estimate of drug-likeness (QED) is 0.559. The van der Waals surface area contributed by atoms with Crippen LogP contribution in [0.5, 0.6) is 0 Å². The molecule has 2 heterocycles. The molecule has 31 heavy (non-hydrogen) atoms. The number of nitrogens with one attached hydrogen (secondary N) is 1. The summed E-state index contributed by atoms with van der Waals surface area (Å²) in [7, 11) is -1.72. The molecule has 0 aliphatic rings. The Morgan fingerprint density at radius 2 is 1.84 bits per heavy atom. The van der Waals surface area contributed by atoms with Gasteiger partial charge in [-0.05, 0) is 43.7 Å². The van der Waals surface area contributed by atoms with E-state index >= 15 is 0 Å². The number of aromatic nitrogens is 4. The third-order valence-electron chi connectivity index (χ3n) is 4.82. The highest BCUT2D eigenvalue weighted by Gasteiger charge is 2.19. The smallest absolute Gasteiger partial charge is 0.346 e. The van der Waals surface area contributed by atoms with Crippen LogP contribution in [0, 0.1) is 0 Å². The second-order valence-corrected chi connectivity index (χ2v) is 9.87. The molecular formula is C21H25N5O4S. The summed E-state index contributed by atoms with van der Waals surface area (Å²) in [4.78, 5) is 29.0. The summed E-state index contributed by atoms with van der Waals surface area (Å²) in [5, 5.41) is 6.56. The number of benzene rings is 1. The second kappa shape index (κ2) is 9.25. The van der Waals surface area contributed by atoms with Crippen LogP contribution in [0.4, 0.5) is 0 Å². The zero-order valence-corrected chi connectivity index (χ0v) is 18.5. The Labute approximate surface area is 180 Å². The first kappa shape index (κ1) is 22.4. The van der Waals surface area contributed by atoms with Crippen molar-refractivity contribution < 1.29 is 13.2 Å². The van der Waals surface area contributed by atoms with E-state index in [-0.39, 0.29) is 36.0 Å². The van der Waals surface area contributed by atoms with Gasteiger partial charge in [-0.1, -0.05) is 18.2 Å². The van der Waals surface area contributed by atoms with E-state index < -0.39 is 15.1 Å². The van der Waals surface area contributed by atoms with Crippen molar-refractivity contribution >= 4 is 15.7 Å². The topological polar surface area (TPSA) is 116 Å². The van der Waals surface area contributed by atoms with Crippen molar-refractivity contribution in [2.45, 2.75) is 37.0 Å². The van der Waals surface area contributed by atoms with Crippen LogP contribution in [0.3, 0.4) is 0 Å². The maximum atomic E-state index is 12.4. The minimum Gasteiger partial charge on any atom is -0.354 e. The van der Waals surface area contributed by atoms with E-state index in [9.17, 15) is 18.0 Å². The summed E-state index contributed by atoms with van der Waals surface area (Å²) < 4.78 is 27.0. The first-order valence-electron chi connectivity index (χ1n) is 9.85. The zero-order chi connectivity index (χ0) is 22.6. The molecule has 3 rings (SSSR count). The van der Waals surface area contributed by atoms with Crippen LogP contribution in [0.15, 0.2) is 58.4 Å². The second-order valence-electron chi connectivity index (χ2n) is 7.37. The number of rotatable bonds is 8. The van der Waals surface area contributed by atoms with Crippen LogP contribution in [0.25, 0.3) is 11.5 Å². The lowest BCUT2D eigenvalue weighted by atomic mass is 10.1. The van der Waals surface area contributed by atoms with Crippen molar-refractivity contribution in [3.8, 4) is 11.5 Å². The van der Waals surface area contributed by atoms with Crippen molar-refractivity contribution in [3.63, 3.8) is 0 Å². The number of hydrogen-bond acceptors (Lipinski definition) is 6. The van der Waals surface area contributed by atoms with E-state index in [1.807, 2.05) is 6.07 Å². The molecule has 2 aromatic heterocycles. The van der Waals surface area contributed by atoms with Gasteiger partial charge in [-0.3, -0.25) is 14.3 Å². The maximum absolute atomic E-state index is 12.4. The number of nitrogens with zero attached hydrogens (tertiary/aromatic N) is 4. The molecule has 0 saturated carbocycles. The van der Waals surface area contributed by atoms with Crippen LogP contribution < -0.4 is 11.0 Å². The van der Waals surface area contributed by atoms with E-state index in [1.54, 1.807) is 51.4 Å². The first-order chi connectivity index (χ1) is 14.7. The summed E-state index contributed by atoms with van der Waals surface area (Å²) in [6, 6.07) is 11.7. The highest BCUT2D eigenvalue weighted by atomic mass is 32.2. The Morgan fingerprint density at radius 3 is 2.45 bits per heavy atom. The van der Waals surface area contributed by atoms with E-state index in [1.165, 1.54) is 21.4 Å². The van der Waals surface area contributed by atoms with Crippen molar-refractivity contribution in [1.29, 1.82) is 0 Å². The van der Waals surface area contributed by atoms with E-state index in [0.717, 1.165) is 0 Å². The molecule has 0 saturated heterocycles. The molecule has 0 atom stereocenters. The highest BCUT2D eigenvalue weighted by Crippen LogP contribution is 2.16. The monoisotopic (exact) mass is 443 g/mol. The van der Waals surface area contributed by atoms with Crippen molar-refractivity contribution in [3.05, 3.63) is 64.7 Å². The Hall–Kier alpha value is -3.27. The van der Waals surface area contributed by atoms with Crippen LogP contribution in [0.2, 0.25) is 0 Å². The number of hydrogen-bond donors (Lipinski definition) is 1.